The van der Waals surface area contributed by atoms with Crippen molar-refractivity contribution < 1.29 is 38.8 Å². The topological polar surface area (TPSA) is 69.7 Å². The van der Waals surface area contributed by atoms with Gasteiger partial charge in [-0.15, -0.1) is 0 Å². The van der Waals surface area contributed by atoms with Crippen LogP contribution in [0.15, 0.2) is 0 Å². The summed E-state index contributed by atoms with van der Waals surface area (Å²) >= 11 is -1.43. The molecule has 0 aromatic rings. The van der Waals surface area contributed by atoms with Gasteiger partial charge < -0.3 is 0 Å². The second-order valence-electron chi connectivity index (χ2n) is 6.05. The molecule has 0 aliphatic carbocycles. The van der Waals surface area contributed by atoms with E-state index in [2.05, 4.69) is 23.6 Å². The van der Waals surface area contributed by atoms with Gasteiger partial charge in [0.1, 0.15) is 0 Å². The average molecular weight is 379 g/mol. The Balaban J connectivity index is 3.79. The Labute approximate surface area is 152 Å². The quantitative estimate of drug-likeness (QED) is 0.249. The Morgan fingerprint density at radius 3 is 1.75 bits per heavy atom. The molecule has 0 fully saturated rings. The van der Waals surface area contributed by atoms with Crippen LogP contribution in [0, 0.1) is 0 Å². The van der Waals surface area contributed by atoms with Crippen LogP contribution in [0.1, 0.15) is 97.3 Å². The van der Waals surface area contributed by atoms with Crippen molar-refractivity contribution in [2.45, 2.75) is 97.3 Å². The summed E-state index contributed by atoms with van der Waals surface area (Å²) < 4.78 is 11.4. The molecule has 139 valence electrons. The van der Waals surface area contributed by atoms with Crippen LogP contribution in [0.4, 0.5) is 0 Å². The van der Waals surface area contributed by atoms with Gasteiger partial charge in [-0.25, -0.2) is 0 Å². The van der Waals surface area contributed by atoms with E-state index in [1.54, 1.807) is 0 Å². The molecule has 0 radical (unpaired) electrons. The molecule has 0 saturated carbocycles. The molecule has 0 amide bonds. The summed E-state index contributed by atoms with van der Waals surface area (Å²) in [5.41, 5.74) is 0. The molecule has 0 heterocycles. The molecule has 6 heteroatoms. The first kappa shape index (κ1) is 23.2. The Bertz CT molecular complexity index is 402. The van der Waals surface area contributed by atoms with E-state index in [-0.39, 0.29) is 10.6 Å². The normalized spacial score (nSPS) is 10.1. The van der Waals surface area contributed by atoms with Crippen LogP contribution in [0.2, 0.25) is 0 Å². The molecule has 0 spiro atoms. The summed E-state index contributed by atoms with van der Waals surface area (Å²) in [5.74, 6) is -1.29. The number of hydrogen-bond donors (Lipinski definition) is 0. The van der Waals surface area contributed by atoms with Crippen molar-refractivity contribution in [2.75, 3.05) is 0 Å². The fourth-order valence-electron chi connectivity index (χ4n) is 2.30. The van der Waals surface area contributed by atoms with Crippen molar-refractivity contribution in [1.29, 1.82) is 0 Å². The zero-order chi connectivity index (χ0) is 18.0. The molecule has 0 aromatic carbocycles. The molecule has 0 bridgehead atoms. The molecule has 0 unspecified atom stereocenters. The van der Waals surface area contributed by atoms with E-state index in [1.165, 1.54) is 25.7 Å². The Morgan fingerprint density at radius 2 is 1.21 bits per heavy atom. The predicted octanol–water partition coefficient (Wildman–Crippen LogP) is 4.70. The van der Waals surface area contributed by atoms with Crippen molar-refractivity contribution >= 4 is 16.2 Å². The van der Waals surface area contributed by atoms with E-state index in [4.69, 9.17) is 0 Å². The van der Waals surface area contributed by atoms with Gasteiger partial charge in [-0.2, -0.15) is 0 Å². The van der Waals surface area contributed by atoms with Crippen molar-refractivity contribution in [3.8, 4) is 0 Å². The third-order valence-corrected chi connectivity index (χ3v) is 4.79. The molecule has 0 N–H and O–H groups in total. The Morgan fingerprint density at radius 1 is 0.708 bits per heavy atom. The number of rotatable bonds is 14. The summed E-state index contributed by atoms with van der Waals surface area (Å²) in [4.78, 5) is 32.3. The molecule has 0 saturated heterocycles. The van der Waals surface area contributed by atoms with E-state index < -0.39 is 27.7 Å². The van der Waals surface area contributed by atoms with E-state index in [0.717, 1.165) is 44.9 Å². The minimum absolute atomic E-state index is 0.245. The van der Waals surface area contributed by atoms with Crippen LogP contribution in [0.25, 0.3) is 0 Å². The Hall–Kier alpha value is -0.806. The van der Waals surface area contributed by atoms with Crippen LogP contribution in [-0.2, 0) is 38.8 Å². The van der Waals surface area contributed by atoms with Crippen molar-refractivity contribution in [2.24, 2.45) is 0 Å². The zero-order valence-corrected chi connectivity index (χ0v) is 16.6. The molecular weight excluding hydrogens is 347 g/mol. The first-order valence-electron chi connectivity index (χ1n) is 9.26. The second-order valence-corrected chi connectivity index (χ2v) is 7.17. The monoisotopic (exact) mass is 379 g/mol. The molecule has 0 rings (SSSR count). The van der Waals surface area contributed by atoms with Crippen LogP contribution < -0.4 is 0 Å². The predicted molar refractivity (Wildman–Crippen MR) is 89.2 cm³/mol. The number of carbonyl (C=O) groups excluding carboxylic acids is 2. The first-order valence-corrected chi connectivity index (χ1v) is 10.5. The fraction of sp³-hybridized carbons (Fsp3) is 0.833. The number of unbranched alkanes of at least 4 members (excludes halogenated alkanes) is 9. The van der Waals surface area contributed by atoms with Gasteiger partial charge in [0.25, 0.3) is 0 Å². The van der Waals surface area contributed by atoms with Gasteiger partial charge in [-0.05, 0) is 0 Å². The van der Waals surface area contributed by atoms with E-state index in [0.29, 0.717) is 6.42 Å². The third-order valence-electron chi connectivity index (χ3n) is 3.81. The minimum atomic E-state index is -1.43. The Kier molecular flexibility index (Phi) is 16.5. The van der Waals surface area contributed by atoms with Gasteiger partial charge in [0, 0.05) is 0 Å². The molecule has 0 atom stereocenters. The SMILES string of the molecule is CCCCCCCCC(=O)OOC(=O)[C](CCCCCCC)=[V]=[O]. The van der Waals surface area contributed by atoms with Gasteiger partial charge in [0.05, 0.1) is 0 Å². The molecule has 0 aliphatic heterocycles. The van der Waals surface area contributed by atoms with E-state index in [1.807, 2.05) is 0 Å². The van der Waals surface area contributed by atoms with Gasteiger partial charge in [0.2, 0.25) is 0 Å². The van der Waals surface area contributed by atoms with E-state index in [9.17, 15) is 13.3 Å². The summed E-state index contributed by atoms with van der Waals surface area (Å²) in [6.07, 6.45) is 12.4. The van der Waals surface area contributed by atoms with Crippen LogP contribution in [0.5, 0.6) is 0 Å². The van der Waals surface area contributed by atoms with E-state index >= 15 is 0 Å². The van der Waals surface area contributed by atoms with Crippen molar-refractivity contribution in [3.05, 3.63) is 0 Å². The fourth-order valence-corrected chi connectivity index (χ4v) is 2.87. The third kappa shape index (κ3) is 13.6. The van der Waals surface area contributed by atoms with Crippen molar-refractivity contribution in [1.82, 2.24) is 0 Å². The van der Waals surface area contributed by atoms with Gasteiger partial charge in [-0.1, -0.05) is 6.92 Å². The molecule has 0 aliphatic rings. The maximum absolute atomic E-state index is 11.7. The number of hydrogen-bond acceptors (Lipinski definition) is 5. The molecule has 0 aromatic heterocycles. The van der Waals surface area contributed by atoms with Gasteiger partial charge in [0.15, 0.2) is 0 Å². The summed E-state index contributed by atoms with van der Waals surface area (Å²) in [5, 5.41) is 0. The van der Waals surface area contributed by atoms with Crippen LogP contribution in [0.3, 0.4) is 0 Å². The second kappa shape index (κ2) is 17.0. The molecular formula is C18H32O5V. The molecule has 5 nitrogen and oxygen atoms in total. The van der Waals surface area contributed by atoms with Gasteiger partial charge in [-0.3, -0.25) is 0 Å². The van der Waals surface area contributed by atoms with Gasteiger partial charge >= 0.3 is 145 Å². The number of carbonyl (C=O) groups is 2. The maximum atomic E-state index is 11.7. The van der Waals surface area contributed by atoms with Crippen molar-refractivity contribution in [3.63, 3.8) is 0 Å². The first-order chi connectivity index (χ1) is 11.7. The average Bonchev–Trinajstić information content (AvgIpc) is 2.59. The zero-order valence-electron chi connectivity index (χ0n) is 15.2. The van der Waals surface area contributed by atoms with Crippen LogP contribution >= 0.6 is 0 Å². The summed E-state index contributed by atoms with van der Waals surface area (Å²) in [6, 6.07) is 0. The summed E-state index contributed by atoms with van der Waals surface area (Å²) in [7, 11) is 0. The molecule has 24 heavy (non-hydrogen) atoms. The summed E-state index contributed by atoms with van der Waals surface area (Å²) in [6.45, 7) is 4.29. The van der Waals surface area contributed by atoms with Crippen LogP contribution in [-0.4, -0.2) is 16.2 Å². The standard InChI is InChI=1S/C18H32O4.O.V/c1-3-5-7-9-11-13-15-17(19)21-22-18(20)16-14-12-10-8-6-4-2;;/h3-15H2,1-2H3;;.